The molecule has 94 valence electrons. The smallest absolute Gasteiger partial charge is 0.305 e. The number of esters is 1. The Balaban J connectivity index is 3.74. The second-order valence-electron chi connectivity index (χ2n) is 4.39. The molecule has 0 aliphatic carbocycles. The van der Waals surface area contributed by atoms with Gasteiger partial charge in [-0.3, -0.25) is 4.79 Å². The Morgan fingerprint density at radius 1 is 1.56 bits per heavy atom. The van der Waals surface area contributed by atoms with Gasteiger partial charge >= 0.3 is 5.97 Å². The molecule has 1 atom stereocenters. The van der Waals surface area contributed by atoms with E-state index in [0.29, 0.717) is 17.9 Å². The maximum Gasteiger partial charge on any atom is 0.305 e. The molecule has 0 rings (SSSR count). The Morgan fingerprint density at radius 2 is 2.12 bits per heavy atom. The molecule has 0 bridgehead atoms. The van der Waals surface area contributed by atoms with Gasteiger partial charge in [0.15, 0.2) is 3.68 Å². The minimum absolute atomic E-state index is 0.114. The van der Waals surface area contributed by atoms with Gasteiger partial charge in [0.2, 0.25) is 0 Å². The van der Waals surface area contributed by atoms with Crippen LogP contribution in [0.2, 0.25) is 0 Å². The topological polar surface area (TPSA) is 26.3 Å². The van der Waals surface area contributed by atoms with Crippen LogP contribution in [0.3, 0.4) is 0 Å². The molecular weight excluding hydrogens is 322 g/mol. The van der Waals surface area contributed by atoms with Crippen LogP contribution in [0.1, 0.15) is 40.0 Å². The van der Waals surface area contributed by atoms with Crippen molar-refractivity contribution in [3.8, 4) is 0 Å². The van der Waals surface area contributed by atoms with E-state index in [1.54, 1.807) is 29.5 Å². The van der Waals surface area contributed by atoms with Crippen molar-refractivity contribution in [3.05, 3.63) is 12.2 Å². The van der Waals surface area contributed by atoms with Gasteiger partial charge in [-0.2, -0.15) is 0 Å². The highest BCUT2D eigenvalue weighted by molar-refractivity contribution is 14.1. The molecule has 0 amide bonds. The van der Waals surface area contributed by atoms with E-state index in [0.717, 1.165) is 6.42 Å². The van der Waals surface area contributed by atoms with Crippen molar-refractivity contribution >= 4 is 28.6 Å². The lowest BCUT2D eigenvalue weighted by Gasteiger charge is -2.18. The average molecular weight is 342 g/mol. The Morgan fingerprint density at radius 3 is 2.56 bits per heavy atom. The molecule has 0 saturated heterocycles. The molecule has 0 heterocycles. The first-order valence-electron chi connectivity index (χ1n) is 5.45. The van der Waals surface area contributed by atoms with Crippen molar-refractivity contribution in [3.63, 3.8) is 0 Å². The Hall–Kier alpha value is -0.130. The third-order valence-corrected chi connectivity index (χ3v) is 3.69. The SMILES string of the molecule is C=C(C)C(F)(I)CCOC(=O)CCC(C)C. The quantitative estimate of drug-likeness (QED) is 0.302. The first-order valence-corrected chi connectivity index (χ1v) is 6.53. The van der Waals surface area contributed by atoms with Gasteiger partial charge in [-0.1, -0.05) is 20.4 Å². The molecule has 1 unspecified atom stereocenters. The van der Waals surface area contributed by atoms with E-state index in [1.165, 1.54) is 0 Å². The predicted molar refractivity (Wildman–Crippen MR) is 72.3 cm³/mol. The number of carbonyl (C=O) groups excluding carboxylic acids is 1. The standard InChI is InChI=1S/C12H20FIO2/c1-9(2)5-6-11(15)16-8-7-12(13,14)10(3)4/h9H,3,5-8H2,1-2,4H3. The summed E-state index contributed by atoms with van der Waals surface area (Å²) in [7, 11) is 0. The van der Waals surface area contributed by atoms with E-state index in [-0.39, 0.29) is 19.0 Å². The molecule has 0 aliphatic rings. The second-order valence-corrected chi connectivity index (χ2v) is 6.10. The lowest BCUT2D eigenvalue weighted by Crippen LogP contribution is -2.19. The molecule has 0 saturated carbocycles. The third kappa shape index (κ3) is 7.19. The second kappa shape index (κ2) is 7.25. The van der Waals surface area contributed by atoms with E-state index in [9.17, 15) is 9.18 Å². The minimum atomic E-state index is -1.48. The Labute approximate surface area is 111 Å². The van der Waals surface area contributed by atoms with E-state index in [2.05, 4.69) is 6.58 Å². The van der Waals surface area contributed by atoms with Crippen molar-refractivity contribution in [1.82, 2.24) is 0 Å². The van der Waals surface area contributed by atoms with Crippen LogP contribution in [0.25, 0.3) is 0 Å². The van der Waals surface area contributed by atoms with Crippen molar-refractivity contribution < 1.29 is 13.9 Å². The number of hydrogen-bond acceptors (Lipinski definition) is 2. The molecule has 0 spiro atoms. The van der Waals surface area contributed by atoms with Gasteiger partial charge in [-0.15, -0.1) is 0 Å². The number of allylic oxidation sites excluding steroid dienone is 1. The first-order chi connectivity index (χ1) is 7.25. The van der Waals surface area contributed by atoms with Crippen LogP contribution in [-0.2, 0) is 9.53 Å². The summed E-state index contributed by atoms with van der Waals surface area (Å²) in [5, 5.41) is 0. The lowest BCUT2D eigenvalue weighted by atomic mass is 10.1. The highest BCUT2D eigenvalue weighted by Crippen LogP contribution is 2.32. The molecule has 16 heavy (non-hydrogen) atoms. The van der Waals surface area contributed by atoms with Crippen molar-refractivity contribution in [1.29, 1.82) is 0 Å². The van der Waals surface area contributed by atoms with Gasteiger partial charge in [0, 0.05) is 12.8 Å². The first kappa shape index (κ1) is 15.9. The molecule has 2 nitrogen and oxygen atoms in total. The summed E-state index contributed by atoms with van der Waals surface area (Å²) in [4.78, 5) is 11.2. The third-order valence-electron chi connectivity index (χ3n) is 2.23. The van der Waals surface area contributed by atoms with Gasteiger partial charge in [0.05, 0.1) is 6.61 Å². The number of carbonyl (C=O) groups is 1. The maximum atomic E-state index is 13.7. The fourth-order valence-corrected chi connectivity index (χ4v) is 1.21. The van der Waals surface area contributed by atoms with Crippen LogP contribution in [0.4, 0.5) is 4.39 Å². The minimum Gasteiger partial charge on any atom is -0.466 e. The van der Waals surface area contributed by atoms with E-state index in [1.807, 2.05) is 13.8 Å². The Kier molecular flexibility index (Phi) is 7.19. The normalized spacial score (nSPS) is 14.6. The molecule has 0 fully saturated rings. The molecule has 0 aromatic rings. The number of ether oxygens (including phenoxy) is 1. The zero-order chi connectivity index (χ0) is 12.8. The summed E-state index contributed by atoms with van der Waals surface area (Å²) in [5.41, 5.74) is 0.450. The van der Waals surface area contributed by atoms with Crippen molar-refractivity contribution in [2.45, 2.75) is 43.7 Å². The van der Waals surface area contributed by atoms with E-state index >= 15 is 0 Å². The largest absolute Gasteiger partial charge is 0.466 e. The van der Waals surface area contributed by atoms with Crippen LogP contribution in [-0.4, -0.2) is 16.3 Å². The number of halogens is 2. The number of alkyl halides is 2. The summed E-state index contributed by atoms with van der Waals surface area (Å²) in [6, 6.07) is 0. The molecule has 0 aliphatic heterocycles. The van der Waals surface area contributed by atoms with Gasteiger partial charge in [-0.05, 0) is 47.4 Å². The molecule has 0 radical (unpaired) electrons. The summed E-state index contributed by atoms with van der Waals surface area (Å²) < 4.78 is 17.2. The molecule has 4 heteroatoms. The zero-order valence-corrected chi connectivity index (χ0v) is 12.3. The van der Waals surface area contributed by atoms with Crippen molar-refractivity contribution in [2.24, 2.45) is 5.92 Å². The average Bonchev–Trinajstić information content (AvgIpc) is 2.14. The fourth-order valence-electron chi connectivity index (χ4n) is 0.985. The fraction of sp³-hybridized carbons (Fsp3) is 0.750. The van der Waals surface area contributed by atoms with Crippen LogP contribution in [0.15, 0.2) is 12.2 Å². The maximum absolute atomic E-state index is 13.7. The van der Waals surface area contributed by atoms with E-state index in [4.69, 9.17) is 4.74 Å². The van der Waals surface area contributed by atoms with Crippen LogP contribution < -0.4 is 0 Å². The van der Waals surface area contributed by atoms with Crippen LogP contribution in [0.5, 0.6) is 0 Å². The van der Waals surface area contributed by atoms with Gasteiger partial charge < -0.3 is 4.74 Å². The Bertz CT molecular complexity index is 249. The van der Waals surface area contributed by atoms with E-state index < -0.39 is 3.68 Å². The van der Waals surface area contributed by atoms with Crippen LogP contribution >= 0.6 is 22.6 Å². The number of hydrogen-bond donors (Lipinski definition) is 0. The molecule has 0 aromatic heterocycles. The van der Waals surface area contributed by atoms with Crippen LogP contribution in [0, 0.1) is 5.92 Å². The monoisotopic (exact) mass is 342 g/mol. The predicted octanol–water partition coefficient (Wildman–Crippen LogP) is 4.03. The number of rotatable bonds is 7. The summed E-state index contributed by atoms with van der Waals surface area (Å²) in [5.74, 6) is 0.232. The molecule has 0 aromatic carbocycles. The highest BCUT2D eigenvalue weighted by atomic mass is 127. The lowest BCUT2D eigenvalue weighted by molar-refractivity contribution is -0.144. The van der Waals surface area contributed by atoms with Gasteiger partial charge in [0.25, 0.3) is 0 Å². The summed E-state index contributed by atoms with van der Waals surface area (Å²) in [6.07, 6.45) is 1.38. The molecular formula is C12H20FIO2. The summed E-state index contributed by atoms with van der Waals surface area (Å²) in [6.45, 7) is 9.40. The molecule has 0 N–H and O–H groups in total. The zero-order valence-electron chi connectivity index (χ0n) is 10.2. The van der Waals surface area contributed by atoms with Gasteiger partial charge in [0.1, 0.15) is 0 Å². The highest BCUT2D eigenvalue weighted by Gasteiger charge is 2.26. The van der Waals surface area contributed by atoms with Gasteiger partial charge in [-0.25, -0.2) is 4.39 Å². The summed E-state index contributed by atoms with van der Waals surface area (Å²) >= 11 is 1.69. The van der Waals surface area contributed by atoms with Crippen molar-refractivity contribution in [2.75, 3.05) is 6.61 Å².